The zero-order valence-corrected chi connectivity index (χ0v) is 16.9. The zero-order chi connectivity index (χ0) is 17.2. The van der Waals surface area contributed by atoms with Crippen molar-refractivity contribution in [3.8, 4) is 0 Å². The highest BCUT2D eigenvalue weighted by molar-refractivity contribution is 5.85. The second-order valence-electron chi connectivity index (χ2n) is 6.69. The number of aromatic nitrogens is 3. The van der Waals surface area contributed by atoms with E-state index in [4.69, 9.17) is 10.7 Å². The number of nitrogens with zero attached hydrogens (tertiary/aromatic N) is 3. The van der Waals surface area contributed by atoms with Crippen LogP contribution in [0.15, 0.2) is 36.5 Å². The number of aryl methyl sites for hydroxylation is 1. The highest BCUT2D eigenvalue weighted by atomic mass is 35.5. The summed E-state index contributed by atoms with van der Waals surface area (Å²) in [5.41, 5.74) is 9.20. The summed E-state index contributed by atoms with van der Waals surface area (Å²) >= 11 is 0. The minimum Gasteiger partial charge on any atom is -0.361 e. The SMILES string of the molecule is CCCc1cc(N2CCC(N)C2)nc(Nc2ccc3cc[nH]c3c2)n1.Cl.Cl. The number of hydrogen-bond acceptors (Lipinski definition) is 5. The van der Waals surface area contributed by atoms with Gasteiger partial charge in [0.25, 0.3) is 0 Å². The first-order valence-electron chi connectivity index (χ1n) is 8.94. The molecule has 0 aliphatic carbocycles. The molecule has 0 amide bonds. The van der Waals surface area contributed by atoms with E-state index in [0.29, 0.717) is 5.95 Å². The van der Waals surface area contributed by atoms with Crippen molar-refractivity contribution in [2.45, 2.75) is 32.2 Å². The fraction of sp³-hybridized carbons (Fsp3) is 0.368. The van der Waals surface area contributed by atoms with Gasteiger partial charge < -0.3 is 20.9 Å². The Bertz CT molecular complexity index is 882. The Kier molecular flexibility index (Phi) is 7.30. The molecule has 1 aliphatic rings. The minimum atomic E-state index is 0. The average molecular weight is 409 g/mol. The lowest BCUT2D eigenvalue weighted by molar-refractivity contribution is 0.751. The van der Waals surface area contributed by atoms with E-state index in [0.717, 1.165) is 55.1 Å². The van der Waals surface area contributed by atoms with Gasteiger partial charge in [-0.25, -0.2) is 4.98 Å². The normalized spacial score (nSPS) is 16.1. The number of benzene rings is 1. The Balaban J connectivity index is 0.00000131. The molecule has 1 atom stereocenters. The van der Waals surface area contributed by atoms with Crippen molar-refractivity contribution in [2.75, 3.05) is 23.3 Å². The predicted octanol–water partition coefficient (Wildman–Crippen LogP) is 4.04. The third kappa shape index (κ3) is 4.83. The Labute approximate surface area is 171 Å². The third-order valence-corrected chi connectivity index (χ3v) is 4.63. The summed E-state index contributed by atoms with van der Waals surface area (Å²) in [5, 5.41) is 4.55. The van der Waals surface area contributed by atoms with Crippen molar-refractivity contribution in [2.24, 2.45) is 5.73 Å². The van der Waals surface area contributed by atoms with Gasteiger partial charge >= 0.3 is 0 Å². The van der Waals surface area contributed by atoms with Gasteiger partial charge in [-0.05, 0) is 36.4 Å². The van der Waals surface area contributed by atoms with Gasteiger partial charge in [0.1, 0.15) is 5.82 Å². The van der Waals surface area contributed by atoms with E-state index in [9.17, 15) is 0 Å². The Morgan fingerprint density at radius 1 is 1.22 bits per heavy atom. The number of hydrogen-bond donors (Lipinski definition) is 3. The molecule has 1 saturated heterocycles. The van der Waals surface area contributed by atoms with E-state index < -0.39 is 0 Å². The molecule has 6 nitrogen and oxygen atoms in total. The summed E-state index contributed by atoms with van der Waals surface area (Å²) in [6.07, 6.45) is 4.96. The smallest absolute Gasteiger partial charge is 0.229 e. The highest BCUT2D eigenvalue weighted by Crippen LogP contribution is 2.24. The van der Waals surface area contributed by atoms with Crippen molar-refractivity contribution >= 4 is 53.2 Å². The maximum absolute atomic E-state index is 6.06. The number of aromatic amines is 1. The molecule has 2 aromatic heterocycles. The van der Waals surface area contributed by atoms with Crippen LogP contribution in [0.3, 0.4) is 0 Å². The molecule has 0 spiro atoms. The van der Waals surface area contributed by atoms with Crippen molar-refractivity contribution < 1.29 is 0 Å². The van der Waals surface area contributed by atoms with Crippen LogP contribution in [0.1, 0.15) is 25.5 Å². The molecule has 3 aromatic rings. The summed E-state index contributed by atoms with van der Waals surface area (Å²) in [5.74, 6) is 1.61. The molecule has 3 heterocycles. The quantitative estimate of drug-likeness (QED) is 0.593. The summed E-state index contributed by atoms with van der Waals surface area (Å²) in [4.78, 5) is 14.9. The lowest BCUT2D eigenvalue weighted by atomic mass is 10.2. The summed E-state index contributed by atoms with van der Waals surface area (Å²) in [6.45, 7) is 3.98. The number of anilines is 3. The van der Waals surface area contributed by atoms with E-state index in [1.807, 2.05) is 6.20 Å². The topological polar surface area (TPSA) is 82.9 Å². The lowest BCUT2D eigenvalue weighted by Gasteiger charge is -2.19. The van der Waals surface area contributed by atoms with Crippen LogP contribution < -0.4 is 16.0 Å². The third-order valence-electron chi connectivity index (χ3n) is 4.63. The van der Waals surface area contributed by atoms with Gasteiger partial charge in [0.05, 0.1) is 0 Å². The van der Waals surface area contributed by atoms with E-state index >= 15 is 0 Å². The molecule has 4 N–H and O–H groups in total. The fourth-order valence-corrected chi connectivity index (χ4v) is 3.34. The monoisotopic (exact) mass is 408 g/mol. The number of nitrogens with two attached hydrogens (primary N) is 1. The first-order valence-corrected chi connectivity index (χ1v) is 8.94. The van der Waals surface area contributed by atoms with Gasteiger partial charge in [-0.15, -0.1) is 24.8 Å². The van der Waals surface area contributed by atoms with Gasteiger partial charge in [0, 0.05) is 48.3 Å². The maximum atomic E-state index is 6.06. The molecular formula is C19H26Cl2N6. The predicted molar refractivity (Wildman–Crippen MR) is 117 cm³/mol. The summed E-state index contributed by atoms with van der Waals surface area (Å²) < 4.78 is 0. The largest absolute Gasteiger partial charge is 0.361 e. The van der Waals surface area contributed by atoms with E-state index in [1.165, 1.54) is 5.39 Å². The minimum absolute atomic E-state index is 0. The summed E-state index contributed by atoms with van der Waals surface area (Å²) in [6, 6.07) is 10.6. The molecule has 4 rings (SSSR count). The second kappa shape index (κ2) is 9.26. The van der Waals surface area contributed by atoms with Crippen LogP contribution in [-0.2, 0) is 6.42 Å². The number of rotatable bonds is 5. The van der Waals surface area contributed by atoms with Gasteiger partial charge in [-0.2, -0.15) is 4.98 Å². The molecule has 146 valence electrons. The zero-order valence-electron chi connectivity index (χ0n) is 15.3. The van der Waals surface area contributed by atoms with Crippen LogP contribution in [0.4, 0.5) is 17.5 Å². The van der Waals surface area contributed by atoms with E-state index in [2.05, 4.69) is 57.4 Å². The summed E-state index contributed by atoms with van der Waals surface area (Å²) in [7, 11) is 0. The van der Waals surface area contributed by atoms with Crippen LogP contribution in [0.5, 0.6) is 0 Å². The standard InChI is InChI=1S/C19H24N6.2ClH/c1-2-3-15-11-18(25-9-7-14(20)12-25)24-19(22-15)23-16-5-4-13-6-8-21-17(13)10-16;;/h4-6,8,10-11,14,21H,2-3,7,9,12,20H2,1H3,(H,22,23,24);2*1H. The highest BCUT2D eigenvalue weighted by Gasteiger charge is 2.21. The van der Waals surface area contributed by atoms with Gasteiger partial charge in [-0.3, -0.25) is 0 Å². The van der Waals surface area contributed by atoms with Crippen molar-refractivity contribution in [3.05, 3.63) is 42.2 Å². The first kappa shape index (κ1) is 21.3. The molecule has 1 aromatic carbocycles. The van der Waals surface area contributed by atoms with Crippen LogP contribution >= 0.6 is 24.8 Å². The van der Waals surface area contributed by atoms with Gasteiger partial charge in [0.15, 0.2) is 0 Å². The van der Waals surface area contributed by atoms with E-state index in [-0.39, 0.29) is 30.9 Å². The molecule has 0 bridgehead atoms. The Morgan fingerprint density at radius 2 is 2.07 bits per heavy atom. The number of fused-ring (bicyclic) bond motifs is 1. The molecule has 1 aliphatic heterocycles. The van der Waals surface area contributed by atoms with Crippen molar-refractivity contribution in [1.82, 2.24) is 15.0 Å². The fourth-order valence-electron chi connectivity index (χ4n) is 3.34. The molecule has 1 fully saturated rings. The van der Waals surface area contributed by atoms with E-state index in [1.54, 1.807) is 0 Å². The van der Waals surface area contributed by atoms with Crippen LogP contribution in [-0.4, -0.2) is 34.1 Å². The van der Waals surface area contributed by atoms with Gasteiger partial charge in [-0.1, -0.05) is 19.4 Å². The number of H-pyrrole nitrogens is 1. The Morgan fingerprint density at radius 3 is 2.81 bits per heavy atom. The van der Waals surface area contributed by atoms with Gasteiger partial charge in [0.2, 0.25) is 5.95 Å². The van der Waals surface area contributed by atoms with Crippen LogP contribution in [0.2, 0.25) is 0 Å². The molecule has 0 radical (unpaired) electrons. The maximum Gasteiger partial charge on any atom is 0.229 e. The average Bonchev–Trinajstić information content (AvgIpc) is 3.23. The second-order valence-corrected chi connectivity index (χ2v) is 6.69. The molecule has 8 heteroatoms. The molecule has 27 heavy (non-hydrogen) atoms. The van der Waals surface area contributed by atoms with Crippen LogP contribution in [0, 0.1) is 0 Å². The lowest BCUT2D eigenvalue weighted by Crippen LogP contribution is -2.27. The molecular weight excluding hydrogens is 383 g/mol. The van der Waals surface area contributed by atoms with Crippen LogP contribution in [0.25, 0.3) is 10.9 Å². The Hall–Kier alpha value is -2.02. The first-order chi connectivity index (χ1) is 12.2. The molecule has 1 unspecified atom stereocenters. The van der Waals surface area contributed by atoms with Crippen molar-refractivity contribution in [1.29, 1.82) is 0 Å². The number of nitrogens with one attached hydrogen (secondary N) is 2. The van der Waals surface area contributed by atoms with Crippen molar-refractivity contribution in [3.63, 3.8) is 0 Å². The molecule has 0 saturated carbocycles. The number of halogens is 2.